The summed E-state index contributed by atoms with van der Waals surface area (Å²) < 4.78 is 6.09. The number of rotatable bonds is 2. The summed E-state index contributed by atoms with van der Waals surface area (Å²) in [7, 11) is 0. The van der Waals surface area contributed by atoms with Gasteiger partial charge in [-0.05, 0) is 44.9 Å². The van der Waals surface area contributed by atoms with Crippen LogP contribution in [0.4, 0.5) is 4.79 Å². The molecule has 1 saturated carbocycles. The SMILES string of the molecule is O=C1C[C@H]([C@@H]2CCCCN2C(=O)N[C@@H]2CCOC3(CCCC3)C2)CN1. The van der Waals surface area contributed by atoms with Crippen LogP contribution in [0.2, 0.25) is 0 Å². The molecular weight excluding hydrogens is 318 g/mol. The number of hydrogen-bond donors (Lipinski definition) is 2. The number of ether oxygens (including phenoxy) is 1. The fourth-order valence-electron chi connectivity index (χ4n) is 5.38. The van der Waals surface area contributed by atoms with Crippen molar-refractivity contribution in [1.29, 1.82) is 0 Å². The summed E-state index contributed by atoms with van der Waals surface area (Å²) in [5.74, 6) is 0.401. The van der Waals surface area contributed by atoms with Crippen LogP contribution in [-0.2, 0) is 9.53 Å². The number of nitrogens with zero attached hydrogens (tertiary/aromatic N) is 1. The van der Waals surface area contributed by atoms with Crippen LogP contribution in [0.25, 0.3) is 0 Å². The molecule has 3 amide bonds. The first-order chi connectivity index (χ1) is 12.2. The molecule has 0 radical (unpaired) electrons. The molecule has 1 spiro atoms. The van der Waals surface area contributed by atoms with E-state index in [0.717, 1.165) is 58.1 Å². The zero-order valence-electron chi connectivity index (χ0n) is 15.1. The number of likely N-dealkylation sites (tertiary alicyclic amines) is 1. The van der Waals surface area contributed by atoms with E-state index in [9.17, 15) is 9.59 Å². The lowest BCUT2D eigenvalue weighted by atomic mass is 9.88. The minimum atomic E-state index is 0.0271. The van der Waals surface area contributed by atoms with Gasteiger partial charge in [0.2, 0.25) is 5.91 Å². The summed E-state index contributed by atoms with van der Waals surface area (Å²) in [5.41, 5.74) is 0.0271. The molecule has 3 aliphatic heterocycles. The lowest BCUT2D eigenvalue weighted by Crippen LogP contribution is -2.56. The molecule has 3 heterocycles. The number of piperidine rings is 1. The molecule has 4 fully saturated rings. The molecule has 2 N–H and O–H groups in total. The monoisotopic (exact) mass is 349 g/mol. The number of carbonyl (C=O) groups excluding carboxylic acids is 2. The normalized spacial score (nSPS) is 35.0. The minimum absolute atomic E-state index is 0.0271. The van der Waals surface area contributed by atoms with Crippen molar-refractivity contribution in [2.45, 2.75) is 81.9 Å². The van der Waals surface area contributed by atoms with Gasteiger partial charge in [-0.1, -0.05) is 12.8 Å². The van der Waals surface area contributed by atoms with Crippen LogP contribution in [-0.4, -0.2) is 54.2 Å². The lowest BCUT2D eigenvalue weighted by Gasteiger charge is -2.42. The summed E-state index contributed by atoms with van der Waals surface area (Å²) in [6.07, 6.45) is 10.4. The second kappa shape index (κ2) is 7.14. The lowest BCUT2D eigenvalue weighted by molar-refractivity contribution is -0.119. The minimum Gasteiger partial charge on any atom is -0.375 e. The van der Waals surface area contributed by atoms with Gasteiger partial charge in [-0.3, -0.25) is 4.79 Å². The highest BCUT2D eigenvalue weighted by Gasteiger charge is 2.42. The molecule has 0 aromatic rings. The largest absolute Gasteiger partial charge is 0.375 e. The van der Waals surface area contributed by atoms with Crippen LogP contribution < -0.4 is 10.6 Å². The molecule has 1 aliphatic carbocycles. The molecule has 0 bridgehead atoms. The van der Waals surface area contributed by atoms with Gasteiger partial charge >= 0.3 is 6.03 Å². The highest BCUT2D eigenvalue weighted by atomic mass is 16.5. The van der Waals surface area contributed by atoms with Crippen molar-refractivity contribution in [3.8, 4) is 0 Å². The van der Waals surface area contributed by atoms with E-state index in [1.807, 2.05) is 4.90 Å². The van der Waals surface area contributed by atoms with Gasteiger partial charge in [0.1, 0.15) is 0 Å². The summed E-state index contributed by atoms with van der Waals surface area (Å²) in [5, 5.41) is 6.23. The first-order valence-electron chi connectivity index (χ1n) is 10.1. The van der Waals surface area contributed by atoms with Gasteiger partial charge in [-0.15, -0.1) is 0 Å². The predicted molar refractivity (Wildman–Crippen MR) is 94.2 cm³/mol. The molecule has 25 heavy (non-hydrogen) atoms. The highest BCUT2D eigenvalue weighted by molar-refractivity contribution is 5.79. The summed E-state index contributed by atoms with van der Waals surface area (Å²) >= 11 is 0. The average Bonchev–Trinajstić information content (AvgIpc) is 3.24. The standard InChI is InChI=1S/C19H31N3O3/c23-17-11-14(13-20-17)16-5-1-4-9-22(16)18(24)21-15-6-10-25-19(12-15)7-2-3-8-19/h14-16H,1-13H2,(H,20,23)(H,21,24)/t14-,15+,16-/m0/s1. The van der Waals surface area contributed by atoms with Crippen molar-refractivity contribution < 1.29 is 14.3 Å². The third-order valence-electron chi connectivity index (χ3n) is 6.70. The fraction of sp³-hybridized carbons (Fsp3) is 0.895. The van der Waals surface area contributed by atoms with Crippen LogP contribution >= 0.6 is 0 Å². The van der Waals surface area contributed by atoms with Gasteiger partial charge in [0.15, 0.2) is 0 Å². The van der Waals surface area contributed by atoms with Crippen LogP contribution in [0.3, 0.4) is 0 Å². The van der Waals surface area contributed by atoms with E-state index in [2.05, 4.69) is 10.6 Å². The molecule has 3 saturated heterocycles. The maximum atomic E-state index is 13.0. The molecule has 6 nitrogen and oxygen atoms in total. The van der Waals surface area contributed by atoms with Crippen molar-refractivity contribution >= 4 is 11.9 Å². The average molecular weight is 349 g/mol. The molecule has 3 atom stereocenters. The Morgan fingerprint density at radius 3 is 2.80 bits per heavy atom. The third kappa shape index (κ3) is 3.64. The first kappa shape index (κ1) is 17.1. The topological polar surface area (TPSA) is 70.7 Å². The van der Waals surface area contributed by atoms with E-state index in [1.54, 1.807) is 0 Å². The molecule has 6 heteroatoms. The van der Waals surface area contributed by atoms with E-state index in [1.165, 1.54) is 12.8 Å². The van der Waals surface area contributed by atoms with Gasteiger partial charge in [-0.2, -0.15) is 0 Å². The first-order valence-corrected chi connectivity index (χ1v) is 10.1. The number of nitrogens with one attached hydrogen (secondary N) is 2. The Morgan fingerprint density at radius 2 is 2.04 bits per heavy atom. The van der Waals surface area contributed by atoms with Crippen LogP contribution in [0, 0.1) is 5.92 Å². The van der Waals surface area contributed by atoms with Gasteiger partial charge in [0, 0.05) is 44.1 Å². The van der Waals surface area contributed by atoms with Crippen molar-refractivity contribution in [3.63, 3.8) is 0 Å². The van der Waals surface area contributed by atoms with Crippen LogP contribution in [0.5, 0.6) is 0 Å². The molecule has 0 aromatic heterocycles. The molecule has 4 aliphatic rings. The van der Waals surface area contributed by atoms with Gasteiger partial charge < -0.3 is 20.3 Å². The summed E-state index contributed by atoms with van der Waals surface area (Å²) in [6, 6.07) is 0.502. The molecule has 4 rings (SSSR count). The molecular formula is C19H31N3O3. The summed E-state index contributed by atoms with van der Waals surface area (Å²) in [4.78, 5) is 26.6. The number of amides is 3. The van der Waals surface area contributed by atoms with Crippen LogP contribution in [0.15, 0.2) is 0 Å². The maximum Gasteiger partial charge on any atom is 0.317 e. The maximum absolute atomic E-state index is 13.0. The number of urea groups is 1. The van der Waals surface area contributed by atoms with E-state index in [0.29, 0.717) is 13.0 Å². The zero-order chi connectivity index (χ0) is 17.3. The van der Waals surface area contributed by atoms with E-state index < -0.39 is 0 Å². The zero-order valence-corrected chi connectivity index (χ0v) is 15.1. The second-order valence-corrected chi connectivity index (χ2v) is 8.40. The predicted octanol–water partition coefficient (Wildman–Crippen LogP) is 2.18. The second-order valence-electron chi connectivity index (χ2n) is 8.40. The fourth-order valence-corrected chi connectivity index (χ4v) is 5.38. The van der Waals surface area contributed by atoms with E-state index in [-0.39, 0.29) is 35.5 Å². The van der Waals surface area contributed by atoms with Gasteiger partial charge in [-0.25, -0.2) is 4.79 Å². The third-order valence-corrected chi connectivity index (χ3v) is 6.70. The van der Waals surface area contributed by atoms with Crippen molar-refractivity contribution in [2.24, 2.45) is 5.92 Å². The quantitative estimate of drug-likeness (QED) is 0.803. The van der Waals surface area contributed by atoms with Crippen molar-refractivity contribution in [2.75, 3.05) is 19.7 Å². The Balaban J connectivity index is 1.38. The molecule has 0 unspecified atom stereocenters. The number of carbonyl (C=O) groups is 2. The molecule has 0 aromatic carbocycles. The Hall–Kier alpha value is -1.30. The Labute approximate surface area is 150 Å². The van der Waals surface area contributed by atoms with E-state index >= 15 is 0 Å². The Kier molecular flexibility index (Phi) is 4.89. The van der Waals surface area contributed by atoms with Gasteiger partial charge in [0.05, 0.1) is 5.60 Å². The Morgan fingerprint density at radius 1 is 1.20 bits per heavy atom. The Bertz CT molecular complexity index is 518. The van der Waals surface area contributed by atoms with E-state index in [4.69, 9.17) is 4.74 Å². The van der Waals surface area contributed by atoms with Crippen LogP contribution in [0.1, 0.15) is 64.2 Å². The number of hydrogen-bond acceptors (Lipinski definition) is 3. The van der Waals surface area contributed by atoms with Crippen molar-refractivity contribution in [3.05, 3.63) is 0 Å². The van der Waals surface area contributed by atoms with Gasteiger partial charge in [0.25, 0.3) is 0 Å². The smallest absolute Gasteiger partial charge is 0.317 e. The highest BCUT2D eigenvalue weighted by Crippen LogP contribution is 2.40. The van der Waals surface area contributed by atoms with Crippen molar-refractivity contribution in [1.82, 2.24) is 15.5 Å². The molecule has 140 valence electrons. The summed E-state index contributed by atoms with van der Waals surface area (Å²) in [6.45, 7) is 2.29.